The predicted molar refractivity (Wildman–Crippen MR) is 55.6 cm³/mol. The third-order valence-electron chi connectivity index (χ3n) is 2.44. The van der Waals surface area contributed by atoms with Crippen LogP contribution in [0, 0.1) is 0 Å². The van der Waals surface area contributed by atoms with E-state index in [9.17, 15) is 4.79 Å². The van der Waals surface area contributed by atoms with Crippen molar-refractivity contribution in [2.75, 3.05) is 5.32 Å². The molecule has 0 saturated heterocycles. The summed E-state index contributed by atoms with van der Waals surface area (Å²) in [7, 11) is 0. The van der Waals surface area contributed by atoms with E-state index in [1.807, 2.05) is 24.3 Å². The molecule has 0 saturated carbocycles. The van der Waals surface area contributed by atoms with Crippen molar-refractivity contribution in [3.63, 3.8) is 0 Å². The average Bonchev–Trinajstić information content (AvgIpc) is 2.29. The highest BCUT2D eigenvalue weighted by Crippen LogP contribution is 2.28. The minimum absolute atomic E-state index is 0.291. The summed E-state index contributed by atoms with van der Waals surface area (Å²) in [4.78, 5) is 15.4. The van der Waals surface area contributed by atoms with Crippen LogP contribution in [-0.2, 0) is 11.3 Å². The largest absolute Gasteiger partial charge is 0.444 e. The van der Waals surface area contributed by atoms with Crippen LogP contribution in [0.2, 0.25) is 0 Å². The first-order valence-electron chi connectivity index (χ1n) is 4.65. The number of pyridine rings is 1. The second-order valence-corrected chi connectivity index (χ2v) is 3.38. The molecule has 0 fully saturated rings. The molecule has 1 aliphatic heterocycles. The highest BCUT2D eigenvalue weighted by Gasteiger charge is 2.18. The number of fused-ring (bicyclic) bond motifs is 3. The highest BCUT2D eigenvalue weighted by molar-refractivity contribution is 6.01. The van der Waals surface area contributed by atoms with Gasteiger partial charge in [-0.1, -0.05) is 18.2 Å². The highest BCUT2D eigenvalue weighted by atomic mass is 16.5. The van der Waals surface area contributed by atoms with Crippen LogP contribution < -0.4 is 5.32 Å². The van der Waals surface area contributed by atoms with Gasteiger partial charge in [0.05, 0.1) is 11.2 Å². The van der Waals surface area contributed by atoms with Crippen molar-refractivity contribution in [1.82, 2.24) is 4.98 Å². The number of ether oxygens (including phenoxy) is 1. The number of rotatable bonds is 0. The van der Waals surface area contributed by atoms with Crippen molar-refractivity contribution in [2.24, 2.45) is 0 Å². The van der Waals surface area contributed by atoms with Gasteiger partial charge in [-0.25, -0.2) is 4.79 Å². The first-order valence-corrected chi connectivity index (χ1v) is 4.65. The molecule has 0 radical (unpaired) electrons. The number of carbonyl (C=O) groups excluding carboxylic acids is 1. The zero-order valence-corrected chi connectivity index (χ0v) is 7.86. The summed E-state index contributed by atoms with van der Waals surface area (Å²) < 4.78 is 4.86. The zero-order valence-electron chi connectivity index (χ0n) is 7.86. The molecule has 3 rings (SSSR count). The maximum Gasteiger partial charge on any atom is 0.411 e. The lowest BCUT2D eigenvalue weighted by Crippen LogP contribution is -2.20. The maximum absolute atomic E-state index is 11.1. The number of nitrogens with zero attached hydrogens (tertiary/aromatic N) is 1. The van der Waals surface area contributed by atoms with Crippen LogP contribution >= 0.6 is 0 Å². The number of nitrogens with one attached hydrogen (secondary N) is 1. The maximum atomic E-state index is 11.1. The standard InChI is InChI=1S/C11H8N2O2/c14-11-13-10-7(6-15-11)5-12-9-4-2-1-3-8(9)10/h1-5H,6H2,(H,13,14). The minimum Gasteiger partial charge on any atom is -0.444 e. The van der Waals surface area contributed by atoms with Gasteiger partial charge in [-0.2, -0.15) is 0 Å². The molecule has 4 nitrogen and oxygen atoms in total. The molecule has 2 aromatic rings. The Kier molecular flexibility index (Phi) is 1.62. The Morgan fingerprint density at radius 3 is 3.13 bits per heavy atom. The van der Waals surface area contributed by atoms with Gasteiger partial charge >= 0.3 is 6.09 Å². The van der Waals surface area contributed by atoms with E-state index in [0.717, 1.165) is 22.2 Å². The third kappa shape index (κ3) is 1.22. The summed E-state index contributed by atoms with van der Waals surface area (Å²) in [6.07, 6.45) is 1.33. The molecule has 1 aliphatic rings. The van der Waals surface area contributed by atoms with Gasteiger partial charge in [-0.15, -0.1) is 0 Å². The lowest BCUT2D eigenvalue weighted by atomic mass is 10.1. The number of amides is 1. The molecule has 74 valence electrons. The fourth-order valence-corrected chi connectivity index (χ4v) is 1.72. The van der Waals surface area contributed by atoms with E-state index in [1.165, 1.54) is 0 Å². The molecule has 15 heavy (non-hydrogen) atoms. The van der Waals surface area contributed by atoms with Gasteiger partial charge in [0.25, 0.3) is 0 Å². The Balaban J connectivity index is 2.32. The van der Waals surface area contributed by atoms with Crippen LogP contribution in [0.15, 0.2) is 30.5 Å². The van der Waals surface area contributed by atoms with Gasteiger partial charge in [-0.3, -0.25) is 10.3 Å². The van der Waals surface area contributed by atoms with Crippen molar-refractivity contribution < 1.29 is 9.53 Å². The molecule has 1 N–H and O–H groups in total. The first kappa shape index (κ1) is 8.23. The molecule has 1 amide bonds. The summed E-state index contributed by atoms with van der Waals surface area (Å²) in [5, 5.41) is 3.65. The van der Waals surface area contributed by atoms with Crippen LogP contribution in [0.4, 0.5) is 10.5 Å². The number of benzene rings is 1. The summed E-state index contributed by atoms with van der Waals surface area (Å²) in [5.41, 5.74) is 2.60. The minimum atomic E-state index is -0.404. The van der Waals surface area contributed by atoms with Crippen molar-refractivity contribution >= 4 is 22.7 Å². The predicted octanol–water partition coefficient (Wildman–Crippen LogP) is 2.30. The van der Waals surface area contributed by atoms with E-state index in [4.69, 9.17) is 4.74 Å². The van der Waals surface area contributed by atoms with Crippen LogP contribution in [0.25, 0.3) is 10.9 Å². The SMILES string of the molecule is O=C1Nc2c(cnc3ccccc23)CO1. The topological polar surface area (TPSA) is 51.2 Å². The molecule has 0 spiro atoms. The summed E-state index contributed by atoms with van der Waals surface area (Å²) >= 11 is 0. The van der Waals surface area contributed by atoms with Crippen molar-refractivity contribution in [3.05, 3.63) is 36.0 Å². The molecule has 2 heterocycles. The number of para-hydroxylation sites is 1. The van der Waals surface area contributed by atoms with Gasteiger partial charge in [-0.05, 0) is 6.07 Å². The van der Waals surface area contributed by atoms with E-state index in [0.29, 0.717) is 6.61 Å². The molecule has 1 aromatic heterocycles. The summed E-state index contributed by atoms with van der Waals surface area (Å²) in [6.45, 7) is 0.291. The molecule has 0 unspecified atom stereocenters. The Morgan fingerprint density at radius 1 is 1.33 bits per heavy atom. The average molecular weight is 200 g/mol. The van der Waals surface area contributed by atoms with Crippen molar-refractivity contribution in [2.45, 2.75) is 6.61 Å². The van der Waals surface area contributed by atoms with E-state index in [2.05, 4.69) is 10.3 Å². The van der Waals surface area contributed by atoms with Crippen LogP contribution in [0.3, 0.4) is 0 Å². The van der Waals surface area contributed by atoms with E-state index < -0.39 is 6.09 Å². The van der Waals surface area contributed by atoms with Gasteiger partial charge < -0.3 is 4.74 Å². The van der Waals surface area contributed by atoms with E-state index >= 15 is 0 Å². The van der Waals surface area contributed by atoms with Crippen LogP contribution in [0.5, 0.6) is 0 Å². The summed E-state index contributed by atoms with van der Waals surface area (Å²) in [6, 6.07) is 7.69. The summed E-state index contributed by atoms with van der Waals surface area (Å²) in [5.74, 6) is 0. The van der Waals surface area contributed by atoms with Crippen LogP contribution in [-0.4, -0.2) is 11.1 Å². The number of carbonyl (C=O) groups is 1. The Bertz CT molecular complexity index is 551. The smallest absolute Gasteiger partial charge is 0.411 e. The Hall–Kier alpha value is -2.10. The molecule has 0 bridgehead atoms. The molecular weight excluding hydrogens is 192 g/mol. The fraction of sp³-hybridized carbons (Fsp3) is 0.0909. The number of anilines is 1. The van der Waals surface area contributed by atoms with Crippen LogP contribution in [0.1, 0.15) is 5.56 Å². The number of hydrogen-bond donors (Lipinski definition) is 1. The Morgan fingerprint density at radius 2 is 2.20 bits per heavy atom. The van der Waals surface area contributed by atoms with Gasteiger partial charge in [0.2, 0.25) is 0 Å². The lowest BCUT2D eigenvalue weighted by Gasteiger charge is -2.18. The second kappa shape index (κ2) is 2.95. The molecule has 4 heteroatoms. The van der Waals surface area contributed by atoms with E-state index in [1.54, 1.807) is 6.20 Å². The van der Waals surface area contributed by atoms with Crippen molar-refractivity contribution in [3.8, 4) is 0 Å². The monoisotopic (exact) mass is 200 g/mol. The van der Waals surface area contributed by atoms with Gasteiger partial charge in [0.15, 0.2) is 0 Å². The lowest BCUT2D eigenvalue weighted by molar-refractivity contribution is 0.151. The third-order valence-corrected chi connectivity index (χ3v) is 2.44. The molecular formula is C11H8N2O2. The molecule has 0 aliphatic carbocycles. The van der Waals surface area contributed by atoms with E-state index in [-0.39, 0.29) is 0 Å². The van der Waals surface area contributed by atoms with Gasteiger partial charge in [0.1, 0.15) is 6.61 Å². The molecule has 1 aromatic carbocycles. The number of cyclic esters (lactones) is 1. The van der Waals surface area contributed by atoms with Gasteiger partial charge in [0, 0.05) is 17.1 Å². The zero-order chi connectivity index (χ0) is 10.3. The Labute approximate surface area is 85.9 Å². The normalized spacial score (nSPS) is 14.3. The van der Waals surface area contributed by atoms with Crippen molar-refractivity contribution in [1.29, 1.82) is 0 Å². The quantitative estimate of drug-likeness (QED) is 0.709. The number of aromatic nitrogens is 1. The fourth-order valence-electron chi connectivity index (χ4n) is 1.72. The molecule has 0 atom stereocenters. The first-order chi connectivity index (χ1) is 7.34. The second-order valence-electron chi connectivity index (χ2n) is 3.38. The number of hydrogen-bond acceptors (Lipinski definition) is 3.